The van der Waals surface area contributed by atoms with E-state index in [1.165, 1.54) is 26.4 Å². The van der Waals surface area contributed by atoms with Gasteiger partial charge in [0.1, 0.15) is 23.2 Å². The zero-order valence-corrected chi connectivity index (χ0v) is 18.7. The summed E-state index contributed by atoms with van der Waals surface area (Å²) in [6.45, 7) is 1.99. The van der Waals surface area contributed by atoms with Crippen LogP contribution in [0.5, 0.6) is 11.5 Å². The van der Waals surface area contributed by atoms with Crippen LogP contribution in [0.2, 0.25) is 0 Å². The van der Waals surface area contributed by atoms with Crippen molar-refractivity contribution < 1.29 is 18.7 Å². The fraction of sp³-hybridized carbons (Fsp3) is 0.308. The Morgan fingerprint density at radius 3 is 2.30 bits per heavy atom. The van der Waals surface area contributed by atoms with Gasteiger partial charge in [-0.25, -0.2) is 4.39 Å². The van der Waals surface area contributed by atoms with Gasteiger partial charge >= 0.3 is 0 Å². The number of benzene rings is 3. The Morgan fingerprint density at radius 2 is 1.70 bits per heavy atom. The Kier molecular flexibility index (Phi) is 6.47. The Balaban J connectivity index is 1.74. The molecule has 2 N–H and O–H groups in total. The maximum atomic E-state index is 13.6. The Hall–Kier alpha value is -3.63. The van der Waals surface area contributed by atoms with Crippen LogP contribution in [0.25, 0.3) is 10.8 Å². The molecule has 3 aromatic rings. The first kappa shape index (κ1) is 22.6. The molecule has 3 aromatic carbocycles. The molecule has 1 heterocycles. The SMILES string of the molecule is COc1c(C#N)c(OC)c2ccccc2c1C(=O)NCC1(c2ccc(F)cc2)CCNCC1. The number of nitrogens with one attached hydrogen (secondary N) is 2. The maximum Gasteiger partial charge on any atom is 0.255 e. The molecular formula is C26H26FN3O3. The van der Waals surface area contributed by atoms with Crippen LogP contribution in [0, 0.1) is 17.1 Å². The van der Waals surface area contributed by atoms with E-state index in [4.69, 9.17) is 9.47 Å². The van der Waals surface area contributed by atoms with Gasteiger partial charge in [-0.2, -0.15) is 5.26 Å². The van der Waals surface area contributed by atoms with E-state index in [-0.39, 0.29) is 28.5 Å². The smallest absolute Gasteiger partial charge is 0.255 e. The van der Waals surface area contributed by atoms with Crippen LogP contribution in [0.15, 0.2) is 48.5 Å². The molecule has 0 atom stereocenters. The van der Waals surface area contributed by atoms with Crippen molar-refractivity contribution >= 4 is 16.7 Å². The van der Waals surface area contributed by atoms with Crippen molar-refractivity contribution in [3.05, 3.63) is 71.0 Å². The van der Waals surface area contributed by atoms with Gasteiger partial charge in [-0.15, -0.1) is 0 Å². The fourth-order valence-electron chi connectivity index (χ4n) is 4.74. The Labute approximate surface area is 192 Å². The summed E-state index contributed by atoms with van der Waals surface area (Å²) in [6.07, 6.45) is 1.62. The molecule has 0 radical (unpaired) electrons. The van der Waals surface area contributed by atoms with Crippen LogP contribution in [0.4, 0.5) is 4.39 Å². The molecule has 0 aliphatic carbocycles. The normalized spacial score (nSPS) is 15.0. The number of hydrogen-bond acceptors (Lipinski definition) is 5. The van der Waals surface area contributed by atoms with Gasteiger partial charge in [0.15, 0.2) is 5.75 Å². The predicted molar refractivity (Wildman–Crippen MR) is 124 cm³/mol. The monoisotopic (exact) mass is 447 g/mol. The molecule has 7 heteroatoms. The molecule has 0 saturated carbocycles. The van der Waals surface area contributed by atoms with E-state index < -0.39 is 0 Å². The highest BCUT2D eigenvalue weighted by molar-refractivity contribution is 6.12. The van der Waals surface area contributed by atoms with Crippen molar-refractivity contribution in [2.75, 3.05) is 33.9 Å². The zero-order valence-electron chi connectivity index (χ0n) is 18.7. The van der Waals surface area contributed by atoms with Gasteiger partial charge in [0.05, 0.1) is 19.8 Å². The molecule has 0 bridgehead atoms. The standard InChI is InChI=1S/C26H26FN3O3/c1-32-23-20-6-4-3-5-19(20)22(24(33-2)21(23)15-28)25(31)30-16-26(11-13-29-14-12-26)17-7-9-18(27)10-8-17/h3-10,29H,11-14,16H2,1-2H3,(H,30,31). The topological polar surface area (TPSA) is 83.4 Å². The van der Waals surface area contributed by atoms with Gasteiger partial charge in [-0.3, -0.25) is 4.79 Å². The third kappa shape index (κ3) is 4.10. The number of carbonyl (C=O) groups excluding carboxylic acids is 1. The Morgan fingerprint density at radius 1 is 1.06 bits per heavy atom. The number of nitriles is 1. The van der Waals surface area contributed by atoms with Crippen molar-refractivity contribution in [2.45, 2.75) is 18.3 Å². The lowest BCUT2D eigenvalue weighted by Gasteiger charge is -2.38. The minimum Gasteiger partial charge on any atom is -0.495 e. The van der Waals surface area contributed by atoms with Crippen LogP contribution in [0.1, 0.15) is 34.3 Å². The minimum atomic E-state index is -0.331. The van der Waals surface area contributed by atoms with Gasteiger partial charge in [0.25, 0.3) is 5.91 Å². The van der Waals surface area contributed by atoms with E-state index in [1.54, 1.807) is 12.1 Å². The van der Waals surface area contributed by atoms with E-state index in [2.05, 4.69) is 16.7 Å². The number of methoxy groups -OCH3 is 2. The molecule has 1 aliphatic heterocycles. The molecular weight excluding hydrogens is 421 g/mol. The Bertz CT molecular complexity index is 1210. The first-order chi connectivity index (χ1) is 16.0. The van der Waals surface area contributed by atoms with E-state index in [0.717, 1.165) is 31.5 Å². The van der Waals surface area contributed by atoms with Crippen LogP contribution in [-0.4, -0.2) is 39.8 Å². The summed E-state index contributed by atoms with van der Waals surface area (Å²) in [4.78, 5) is 13.6. The van der Waals surface area contributed by atoms with E-state index in [0.29, 0.717) is 28.6 Å². The highest BCUT2D eigenvalue weighted by Gasteiger charge is 2.35. The van der Waals surface area contributed by atoms with E-state index >= 15 is 0 Å². The van der Waals surface area contributed by atoms with Crippen molar-refractivity contribution in [1.29, 1.82) is 5.26 Å². The lowest BCUT2D eigenvalue weighted by molar-refractivity contribution is 0.0936. The summed E-state index contributed by atoms with van der Waals surface area (Å²) in [5.74, 6) is -0.0538. The number of ether oxygens (including phenoxy) is 2. The largest absolute Gasteiger partial charge is 0.495 e. The average Bonchev–Trinajstić information content (AvgIpc) is 2.86. The van der Waals surface area contributed by atoms with Crippen molar-refractivity contribution in [3.8, 4) is 17.6 Å². The lowest BCUT2D eigenvalue weighted by atomic mass is 9.73. The zero-order chi connectivity index (χ0) is 23.4. The number of halogens is 1. The van der Waals surface area contributed by atoms with Crippen molar-refractivity contribution in [1.82, 2.24) is 10.6 Å². The summed E-state index contributed by atoms with van der Waals surface area (Å²) < 4.78 is 24.6. The van der Waals surface area contributed by atoms with Gasteiger partial charge in [-0.05, 0) is 43.6 Å². The lowest BCUT2D eigenvalue weighted by Crippen LogP contribution is -2.47. The number of fused-ring (bicyclic) bond motifs is 1. The number of piperidine rings is 1. The minimum absolute atomic E-state index is 0.180. The van der Waals surface area contributed by atoms with Crippen LogP contribution >= 0.6 is 0 Å². The third-order valence-corrected chi connectivity index (χ3v) is 6.47. The number of nitrogens with zero attached hydrogens (tertiary/aromatic N) is 1. The maximum absolute atomic E-state index is 13.6. The summed E-state index contributed by atoms with van der Waals surface area (Å²) in [5, 5.41) is 17.5. The molecule has 170 valence electrons. The van der Waals surface area contributed by atoms with Crippen molar-refractivity contribution in [2.24, 2.45) is 0 Å². The summed E-state index contributed by atoms with van der Waals surface area (Å²) in [6, 6.07) is 15.9. The first-order valence-corrected chi connectivity index (χ1v) is 10.9. The van der Waals surface area contributed by atoms with Crippen LogP contribution < -0.4 is 20.1 Å². The molecule has 33 heavy (non-hydrogen) atoms. The van der Waals surface area contributed by atoms with Gasteiger partial charge in [-0.1, -0.05) is 36.4 Å². The summed E-state index contributed by atoms with van der Waals surface area (Å²) >= 11 is 0. The molecule has 0 aromatic heterocycles. The molecule has 4 rings (SSSR count). The third-order valence-electron chi connectivity index (χ3n) is 6.47. The van der Waals surface area contributed by atoms with Crippen molar-refractivity contribution in [3.63, 3.8) is 0 Å². The quantitative estimate of drug-likeness (QED) is 0.599. The molecule has 1 amide bonds. The predicted octanol–water partition coefficient (Wildman–Crippen LogP) is 3.92. The first-order valence-electron chi connectivity index (χ1n) is 10.9. The van der Waals surface area contributed by atoms with Gasteiger partial charge < -0.3 is 20.1 Å². The highest BCUT2D eigenvalue weighted by atomic mass is 19.1. The molecule has 1 fully saturated rings. The number of carbonyl (C=O) groups is 1. The van der Waals surface area contributed by atoms with Crippen LogP contribution in [0.3, 0.4) is 0 Å². The van der Waals surface area contributed by atoms with E-state index in [1.807, 2.05) is 24.3 Å². The van der Waals surface area contributed by atoms with Gasteiger partial charge in [0, 0.05) is 22.7 Å². The second-order valence-electron chi connectivity index (χ2n) is 8.19. The van der Waals surface area contributed by atoms with E-state index in [9.17, 15) is 14.4 Å². The average molecular weight is 448 g/mol. The summed E-state index contributed by atoms with van der Waals surface area (Å²) in [7, 11) is 2.93. The molecule has 0 unspecified atom stereocenters. The second-order valence-corrected chi connectivity index (χ2v) is 8.19. The highest BCUT2D eigenvalue weighted by Crippen LogP contribution is 2.41. The van der Waals surface area contributed by atoms with Crippen LogP contribution in [-0.2, 0) is 5.41 Å². The fourth-order valence-corrected chi connectivity index (χ4v) is 4.74. The molecule has 6 nitrogen and oxygen atoms in total. The summed E-state index contributed by atoms with van der Waals surface area (Å²) in [5.41, 5.74) is 1.16. The molecule has 1 saturated heterocycles. The van der Waals surface area contributed by atoms with Gasteiger partial charge in [0.2, 0.25) is 0 Å². The second kappa shape index (κ2) is 9.47. The number of amides is 1. The molecule has 0 spiro atoms. The molecule has 1 aliphatic rings. The number of rotatable bonds is 6. The number of hydrogen-bond donors (Lipinski definition) is 2.